The minimum Gasteiger partial charge on any atom is -0.364 e. The van der Waals surface area contributed by atoms with E-state index in [-0.39, 0.29) is 17.9 Å². The average molecular weight is 248 g/mol. The Morgan fingerprint density at radius 3 is 2.94 bits per heavy atom. The van der Waals surface area contributed by atoms with Crippen LogP contribution in [0.15, 0.2) is 16.9 Å². The standard InChI is InChI=1S/C13H16N2O3/c16-12-5-1-3-9(12)11-4-2-7-15(11)13(17)10-6-8-18-14-10/h6,8-9,11H,1-5,7H2. The van der Waals surface area contributed by atoms with Crippen molar-refractivity contribution >= 4 is 11.7 Å². The van der Waals surface area contributed by atoms with E-state index in [4.69, 9.17) is 4.52 Å². The molecule has 1 aliphatic carbocycles. The Morgan fingerprint density at radius 1 is 1.39 bits per heavy atom. The van der Waals surface area contributed by atoms with Gasteiger partial charge in [0.15, 0.2) is 5.69 Å². The zero-order valence-corrected chi connectivity index (χ0v) is 10.2. The Bertz CT molecular complexity index is 455. The number of rotatable bonds is 2. The first-order valence-corrected chi connectivity index (χ1v) is 6.51. The van der Waals surface area contributed by atoms with E-state index in [1.807, 2.05) is 4.90 Å². The van der Waals surface area contributed by atoms with E-state index in [9.17, 15) is 9.59 Å². The van der Waals surface area contributed by atoms with Crippen molar-refractivity contribution in [2.75, 3.05) is 6.54 Å². The molecule has 1 aromatic rings. The summed E-state index contributed by atoms with van der Waals surface area (Å²) in [6.45, 7) is 0.722. The summed E-state index contributed by atoms with van der Waals surface area (Å²) in [6.07, 6.45) is 5.86. The van der Waals surface area contributed by atoms with Crippen LogP contribution in [0.25, 0.3) is 0 Å². The number of likely N-dealkylation sites (tertiary alicyclic amines) is 1. The van der Waals surface area contributed by atoms with Crippen LogP contribution in [0.5, 0.6) is 0 Å². The highest BCUT2D eigenvalue weighted by Gasteiger charge is 2.40. The van der Waals surface area contributed by atoms with Crippen LogP contribution in [0.4, 0.5) is 0 Å². The third kappa shape index (κ3) is 1.83. The molecular formula is C13H16N2O3. The molecule has 5 nitrogen and oxygen atoms in total. The number of hydrogen-bond donors (Lipinski definition) is 0. The Balaban J connectivity index is 1.79. The molecule has 2 atom stereocenters. The molecule has 1 aliphatic heterocycles. The molecular weight excluding hydrogens is 232 g/mol. The summed E-state index contributed by atoms with van der Waals surface area (Å²) in [5.41, 5.74) is 0.340. The summed E-state index contributed by atoms with van der Waals surface area (Å²) >= 11 is 0. The fraction of sp³-hybridized carbons (Fsp3) is 0.615. The monoisotopic (exact) mass is 248 g/mol. The Hall–Kier alpha value is -1.65. The largest absolute Gasteiger partial charge is 0.364 e. The molecule has 2 aliphatic rings. The molecule has 2 heterocycles. The van der Waals surface area contributed by atoms with Crippen LogP contribution in [-0.2, 0) is 4.79 Å². The van der Waals surface area contributed by atoms with Gasteiger partial charge in [-0.05, 0) is 25.7 Å². The SMILES string of the molecule is O=C1CCCC1C1CCCN1C(=O)c1ccon1. The first-order chi connectivity index (χ1) is 8.77. The van der Waals surface area contributed by atoms with Crippen molar-refractivity contribution in [3.63, 3.8) is 0 Å². The molecule has 18 heavy (non-hydrogen) atoms. The van der Waals surface area contributed by atoms with Crippen LogP contribution >= 0.6 is 0 Å². The van der Waals surface area contributed by atoms with Crippen LogP contribution in [0.1, 0.15) is 42.6 Å². The van der Waals surface area contributed by atoms with E-state index < -0.39 is 0 Å². The highest BCUT2D eigenvalue weighted by Crippen LogP contribution is 2.33. The van der Waals surface area contributed by atoms with Crippen LogP contribution in [0.3, 0.4) is 0 Å². The molecule has 5 heteroatoms. The molecule has 0 bridgehead atoms. The molecule has 0 radical (unpaired) electrons. The van der Waals surface area contributed by atoms with Crippen molar-refractivity contribution in [1.29, 1.82) is 0 Å². The lowest BCUT2D eigenvalue weighted by molar-refractivity contribution is -0.121. The number of nitrogens with zero attached hydrogens (tertiary/aromatic N) is 2. The lowest BCUT2D eigenvalue weighted by Gasteiger charge is -2.27. The molecule has 2 unspecified atom stereocenters. The summed E-state index contributed by atoms with van der Waals surface area (Å²) in [5, 5.41) is 3.69. The summed E-state index contributed by atoms with van der Waals surface area (Å²) in [5.74, 6) is 0.258. The van der Waals surface area contributed by atoms with E-state index >= 15 is 0 Å². The molecule has 1 saturated heterocycles. The fourth-order valence-corrected chi connectivity index (χ4v) is 3.18. The normalized spacial score (nSPS) is 28.0. The van der Waals surface area contributed by atoms with Gasteiger partial charge in [-0.2, -0.15) is 0 Å². The van der Waals surface area contributed by atoms with Crippen LogP contribution < -0.4 is 0 Å². The van der Waals surface area contributed by atoms with Gasteiger partial charge in [-0.3, -0.25) is 9.59 Å². The van der Waals surface area contributed by atoms with Gasteiger partial charge in [-0.25, -0.2) is 0 Å². The molecule has 0 aromatic carbocycles. The van der Waals surface area contributed by atoms with Gasteiger partial charge >= 0.3 is 0 Å². The summed E-state index contributed by atoms with van der Waals surface area (Å²) in [4.78, 5) is 25.9. The zero-order valence-electron chi connectivity index (χ0n) is 10.2. The quantitative estimate of drug-likeness (QED) is 0.798. The van der Waals surface area contributed by atoms with E-state index in [0.29, 0.717) is 17.9 Å². The summed E-state index contributed by atoms with van der Waals surface area (Å²) in [7, 11) is 0. The molecule has 1 saturated carbocycles. The third-order valence-electron chi connectivity index (χ3n) is 4.03. The maximum atomic E-state index is 12.3. The van der Waals surface area contributed by atoms with Gasteiger partial charge in [0, 0.05) is 31.0 Å². The first-order valence-electron chi connectivity index (χ1n) is 6.51. The Labute approximate surface area is 105 Å². The lowest BCUT2D eigenvalue weighted by atomic mass is 9.95. The van der Waals surface area contributed by atoms with Gasteiger partial charge in [0.2, 0.25) is 0 Å². The average Bonchev–Trinajstić information content (AvgIpc) is 3.09. The molecule has 1 amide bonds. The highest BCUT2D eigenvalue weighted by molar-refractivity contribution is 5.93. The lowest BCUT2D eigenvalue weighted by Crippen LogP contribution is -2.41. The predicted octanol–water partition coefficient (Wildman–Crippen LogP) is 1.65. The second-order valence-electron chi connectivity index (χ2n) is 5.06. The molecule has 3 rings (SSSR count). The second-order valence-corrected chi connectivity index (χ2v) is 5.06. The second kappa shape index (κ2) is 4.55. The number of carbonyl (C=O) groups is 2. The number of amides is 1. The summed E-state index contributed by atoms with van der Waals surface area (Å²) < 4.78 is 4.71. The van der Waals surface area contributed by atoms with E-state index in [1.54, 1.807) is 6.07 Å². The van der Waals surface area contributed by atoms with Gasteiger partial charge in [0.25, 0.3) is 5.91 Å². The molecule has 1 aromatic heterocycles. The van der Waals surface area contributed by atoms with Crippen LogP contribution in [0, 0.1) is 5.92 Å². The topological polar surface area (TPSA) is 63.4 Å². The number of Topliss-reactive ketones (excluding diaryl/α,β-unsaturated/α-hetero) is 1. The summed E-state index contributed by atoms with van der Waals surface area (Å²) in [6, 6.07) is 1.65. The molecule has 0 spiro atoms. The number of aromatic nitrogens is 1. The Kier molecular flexibility index (Phi) is 2.89. The van der Waals surface area contributed by atoms with Crippen molar-refractivity contribution in [2.45, 2.75) is 38.1 Å². The number of ketones is 1. The Morgan fingerprint density at radius 2 is 2.28 bits per heavy atom. The zero-order chi connectivity index (χ0) is 12.5. The van der Waals surface area contributed by atoms with Crippen molar-refractivity contribution in [2.24, 2.45) is 5.92 Å². The maximum absolute atomic E-state index is 12.3. The molecule has 96 valence electrons. The van der Waals surface area contributed by atoms with Gasteiger partial charge in [0.05, 0.1) is 0 Å². The minimum atomic E-state index is -0.106. The fourth-order valence-electron chi connectivity index (χ4n) is 3.18. The highest BCUT2D eigenvalue weighted by atomic mass is 16.5. The molecule has 0 N–H and O–H groups in total. The van der Waals surface area contributed by atoms with Crippen molar-refractivity contribution in [1.82, 2.24) is 10.1 Å². The number of hydrogen-bond acceptors (Lipinski definition) is 4. The van der Waals surface area contributed by atoms with Crippen molar-refractivity contribution < 1.29 is 14.1 Å². The minimum absolute atomic E-state index is 0.0448. The van der Waals surface area contributed by atoms with Gasteiger partial charge in [0.1, 0.15) is 12.0 Å². The van der Waals surface area contributed by atoms with Gasteiger partial charge in [-0.1, -0.05) is 5.16 Å². The van der Waals surface area contributed by atoms with Gasteiger partial charge in [-0.15, -0.1) is 0 Å². The van der Waals surface area contributed by atoms with Gasteiger partial charge < -0.3 is 9.42 Å². The van der Waals surface area contributed by atoms with E-state index in [2.05, 4.69) is 5.16 Å². The van der Waals surface area contributed by atoms with Crippen LogP contribution in [-0.4, -0.2) is 34.3 Å². The maximum Gasteiger partial charge on any atom is 0.276 e. The van der Waals surface area contributed by atoms with Crippen LogP contribution in [0.2, 0.25) is 0 Å². The molecule has 2 fully saturated rings. The third-order valence-corrected chi connectivity index (χ3v) is 4.03. The number of carbonyl (C=O) groups excluding carboxylic acids is 2. The van der Waals surface area contributed by atoms with E-state index in [0.717, 1.165) is 32.2 Å². The predicted molar refractivity (Wildman–Crippen MR) is 62.9 cm³/mol. The van der Waals surface area contributed by atoms with E-state index in [1.165, 1.54) is 6.26 Å². The van der Waals surface area contributed by atoms with Crippen molar-refractivity contribution in [3.05, 3.63) is 18.0 Å². The van der Waals surface area contributed by atoms with Crippen molar-refractivity contribution in [3.8, 4) is 0 Å². The smallest absolute Gasteiger partial charge is 0.276 e. The first kappa shape index (κ1) is 11.4.